The molecule has 0 saturated heterocycles. The Balaban J connectivity index is 1.07. The number of nitrogens with zero attached hydrogens (tertiary/aromatic N) is 2. The molecule has 0 radical (unpaired) electrons. The number of nitrogens with one attached hydrogen (secondary N) is 2. The van der Waals surface area contributed by atoms with Crippen LogP contribution in [0.3, 0.4) is 0 Å². The second-order valence-corrected chi connectivity index (χ2v) is 14.1. The number of hydrogen-bond acceptors (Lipinski definition) is 6. The van der Waals surface area contributed by atoms with Crippen LogP contribution in [0.4, 0.5) is 19.3 Å². The topological polar surface area (TPSA) is 102 Å². The van der Waals surface area contributed by atoms with Crippen molar-refractivity contribution < 1.29 is 27.8 Å². The van der Waals surface area contributed by atoms with Gasteiger partial charge in [0.15, 0.2) is 11.6 Å². The minimum atomic E-state index is -0.645. The van der Waals surface area contributed by atoms with Crippen LogP contribution in [0.25, 0.3) is 33.4 Å². The number of hydrogen-bond donors (Lipinski definition) is 2. The normalized spacial score (nSPS) is 11.2. The third kappa shape index (κ3) is 9.97. The molecule has 0 atom stereocenters. The number of aromatic nitrogens is 2. The summed E-state index contributed by atoms with van der Waals surface area (Å²) in [7, 11) is 1.41. The zero-order chi connectivity index (χ0) is 39.0. The van der Waals surface area contributed by atoms with Crippen LogP contribution < -0.4 is 15.4 Å². The van der Waals surface area contributed by atoms with Crippen molar-refractivity contribution in [2.24, 2.45) is 5.41 Å². The summed E-state index contributed by atoms with van der Waals surface area (Å²) in [6.45, 7) is 6.63. The summed E-state index contributed by atoms with van der Waals surface area (Å²) < 4.78 is 40.7. The van der Waals surface area contributed by atoms with Crippen LogP contribution >= 0.6 is 0 Å². The molecule has 0 aliphatic carbocycles. The van der Waals surface area contributed by atoms with Gasteiger partial charge >= 0.3 is 6.09 Å². The van der Waals surface area contributed by atoms with Crippen LogP contribution in [0.1, 0.15) is 41.0 Å². The standard InChI is InChI=1S/C45H42F2N4O4/c1-29-9-14-34(26-49-29)43(52)50-28-45(2,3)24-31-12-17-33(18-13-31)39-22-35(23-41(54-4)42(39)47)36-21-37(27-48-25-36)51-44(53)55-20-19-30-10-15-32(16-11-30)38-7-5-6-8-40(38)46/h5-18,21-23,25-27H,19-20,24,28H2,1-4H3,(H,50,52)(H,51,53). The number of pyridine rings is 2. The first-order chi connectivity index (χ1) is 26.5. The van der Waals surface area contributed by atoms with Crippen molar-refractivity contribution in [3.05, 3.63) is 156 Å². The number of carbonyl (C=O) groups excluding carboxylic acids is 2. The molecule has 0 fully saturated rings. The Bertz CT molecular complexity index is 2280. The number of methoxy groups -OCH3 is 1. The van der Waals surface area contributed by atoms with Crippen LogP contribution in [-0.2, 0) is 17.6 Å². The van der Waals surface area contributed by atoms with Crippen LogP contribution in [0.5, 0.6) is 5.75 Å². The average molecular weight is 741 g/mol. The summed E-state index contributed by atoms with van der Waals surface area (Å²) in [6, 6.07) is 30.3. The maximum absolute atomic E-state index is 15.7. The highest BCUT2D eigenvalue weighted by Crippen LogP contribution is 2.36. The SMILES string of the molecule is COc1cc(-c2cncc(NC(=O)OCCc3ccc(-c4ccccc4F)cc3)c2)cc(-c2ccc(CC(C)(C)CNC(=O)c3ccc(C)nc3)cc2)c1F. The van der Waals surface area contributed by atoms with Crippen LogP contribution in [0.15, 0.2) is 122 Å². The minimum absolute atomic E-state index is 0.0666. The van der Waals surface area contributed by atoms with E-state index in [4.69, 9.17) is 9.47 Å². The summed E-state index contributed by atoms with van der Waals surface area (Å²) >= 11 is 0. The first-order valence-electron chi connectivity index (χ1n) is 17.9. The Morgan fingerprint density at radius 3 is 2.16 bits per heavy atom. The molecule has 0 aliphatic heterocycles. The van der Waals surface area contributed by atoms with Crippen LogP contribution in [0, 0.1) is 24.0 Å². The average Bonchev–Trinajstić information content (AvgIpc) is 3.18. The quantitative estimate of drug-likeness (QED) is 0.122. The Kier molecular flexibility index (Phi) is 11.9. The summed E-state index contributed by atoms with van der Waals surface area (Å²) in [5, 5.41) is 5.72. The van der Waals surface area contributed by atoms with E-state index < -0.39 is 11.9 Å². The predicted octanol–water partition coefficient (Wildman–Crippen LogP) is 9.86. The van der Waals surface area contributed by atoms with Gasteiger partial charge in [-0.2, -0.15) is 0 Å². The molecular formula is C45H42F2N4O4. The van der Waals surface area contributed by atoms with Gasteiger partial charge < -0.3 is 14.8 Å². The number of ether oxygens (including phenoxy) is 2. The van der Waals surface area contributed by atoms with Gasteiger partial charge in [0, 0.05) is 47.7 Å². The highest BCUT2D eigenvalue weighted by molar-refractivity contribution is 5.93. The highest BCUT2D eigenvalue weighted by atomic mass is 19.1. The van der Waals surface area contributed by atoms with E-state index >= 15 is 4.39 Å². The van der Waals surface area contributed by atoms with Gasteiger partial charge in [0.05, 0.1) is 31.2 Å². The number of halogens is 2. The number of aryl methyl sites for hydroxylation is 1. The summed E-state index contributed by atoms with van der Waals surface area (Å²) in [5.41, 5.74) is 7.07. The van der Waals surface area contributed by atoms with Gasteiger partial charge in [-0.15, -0.1) is 0 Å². The molecule has 2 N–H and O–H groups in total. The molecule has 0 aliphatic rings. The van der Waals surface area contributed by atoms with Gasteiger partial charge in [-0.1, -0.05) is 80.6 Å². The predicted molar refractivity (Wildman–Crippen MR) is 211 cm³/mol. The van der Waals surface area contributed by atoms with Gasteiger partial charge in [0.25, 0.3) is 5.91 Å². The lowest BCUT2D eigenvalue weighted by atomic mass is 9.85. The van der Waals surface area contributed by atoms with Crippen molar-refractivity contribution in [2.45, 2.75) is 33.6 Å². The fraction of sp³-hybridized carbons (Fsp3) is 0.200. The third-order valence-electron chi connectivity index (χ3n) is 9.19. The summed E-state index contributed by atoms with van der Waals surface area (Å²) in [4.78, 5) is 33.8. The summed E-state index contributed by atoms with van der Waals surface area (Å²) in [5.74, 6) is -0.889. The third-order valence-corrected chi connectivity index (χ3v) is 9.19. The molecule has 2 aromatic heterocycles. The molecule has 4 aromatic carbocycles. The van der Waals surface area contributed by atoms with Crippen molar-refractivity contribution in [1.82, 2.24) is 15.3 Å². The van der Waals surface area contributed by atoms with E-state index in [2.05, 4.69) is 34.4 Å². The molecule has 2 heterocycles. The Morgan fingerprint density at radius 2 is 1.47 bits per heavy atom. The molecule has 6 aromatic rings. The number of benzene rings is 4. The van der Waals surface area contributed by atoms with E-state index in [-0.39, 0.29) is 29.5 Å². The number of anilines is 1. The molecule has 0 spiro atoms. The van der Waals surface area contributed by atoms with E-state index in [1.54, 1.807) is 54.9 Å². The monoisotopic (exact) mass is 740 g/mol. The van der Waals surface area contributed by atoms with Gasteiger partial charge in [0.1, 0.15) is 5.82 Å². The molecular weight excluding hydrogens is 699 g/mol. The zero-order valence-corrected chi connectivity index (χ0v) is 31.2. The van der Waals surface area contributed by atoms with E-state index in [0.29, 0.717) is 58.5 Å². The lowest BCUT2D eigenvalue weighted by Crippen LogP contribution is -2.35. The molecule has 280 valence electrons. The van der Waals surface area contributed by atoms with Crippen molar-refractivity contribution in [1.29, 1.82) is 0 Å². The lowest BCUT2D eigenvalue weighted by Gasteiger charge is -2.25. The molecule has 6 rings (SSSR count). The molecule has 0 bridgehead atoms. The van der Waals surface area contributed by atoms with Crippen molar-refractivity contribution >= 4 is 17.7 Å². The largest absolute Gasteiger partial charge is 0.494 e. The fourth-order valence-electron chi connectivity index (χ4n) is 6.19. The lowest BCUT2D eigenvalue weighted by molar-refractivity contribution is 0.0936. The smallest absolute Gasteiger partial charge is 0.411 e. The summed E-state index contributed by atoms with van der Waals surface area (Å²) in [6.07, 6.45) is 5.21. The van der Waals surface area contributed by atoms with Gasteiger partial charge in [0.2, 0.25) is 0 Å². The number of amides is 2. The first kappa shape index (κ1) is 38.3. The Morgan fingerprint density at radius 1 is 0.764 bits per heavy atom. The van der Waals surface area contributed by atoms with Gasteiger partial charge in [-0.05, 0) is 83.0 Å². The first-order valence-corrected chi connectivity index (χ1v) is 17.9. The van der Waals surface area contributed by atoms with Gasteiger partial charge in [-0.25, -0.2) is 13.6 Å². The second kappa shape index (κ2) is 17.2. The van der Waals surface area contributed by atoms with Gasteiger partial charge in [-0.3, -0.25) is 20.1 Å². The van der Waals surface area contributed by atoms with Crippen molar-refractivity contribution in [2.75, 3.05) is 25.6 Å². The Labute approximate surface area is 319 Å². The van der Waals surface area contributed by atoms with Crippen LogP contribution in [-0.4, -0.2) is 42.2 Å². The van der Waals surface area contributed by atoms with Crippen LogP contribution in [0.2, 0.25) is 0 Å². The molecule has 55 heavy (non-hydrogen) atoms. The Hall–Kier alpha value is -6.42. The maximum Gasteiger partial charge on any atom is 0.411 e. The van der Waals surface area contributed by atoms with E-state index in [9.17, 15) is 14.0 Å². The maximum atomic E-state index is 15.7. The second-order valence-electron chi connectivity index (χ2n) is 14.1. The molecule has 0 saturated carbocycles. The number of rotatable bonds is 13. The zero-order valence-electron chi connectivity index (χ0n) is 31.2. The molecule has 10 heteroatoms. The number of carbonyl (C=O) groups is 2. The van der Waals surface area contributed by atoms with Crippen molar-refractivity contribution in [3.63, 3.8) is 0 Å². The van der Waals surface area contributed by atoms with E-state index in [0.717, 1.165) is 22.4 Å². The highest BCUT2D eigenvalue weighted by Gasteiger charge is 2.21. The fourth-order valence-corrected chi connectivity index (χ4v) is 6.19. The van der Waals surface area contributed by atoms with E-state index in [1.807, 2.05) is 61.5 Å². The molecule has 2 amide bonds. The van der Waals surface area contributed by atoms with Crippen molar-refractivity contribution in [3.8, 4) is 39.1 Å². The minimum Gasteiger partial charge on any atom is -0.494 e. The van der Waals surface area contributed by atoms with E-state index in [1.165, 1.54) is 19.4 Å². The molecule has 8 nitrogen and oxygen atoms in total. The molecule has 0 unspecified atom stereocenters.